The summed E-state index contributed by atoms with van der Waals surface area (Å²) in [6.07, 6.45) is 0.413. The van der Waals surface area contributed by atoms with Crippen LogP contribution in [0.2, 0.25) is 5.02 Å². The average molecular weight is 286 g/mol. The van der Waals surface area contributed by atoms with Crippen molar-refractivity contribution in [2.45, 2.75) is 12.5 Å². The summed E-state index contributed by atoms with van der Waals surface area (Å²) in [5.41, 5.74) is 6.59. The minimum atomic E-state index is -0.391. The molecule has 0 aliphatic carbocycles. The van der Waals surface area contributed by atoms with Gasteiger partial charge in [-0.1, -0.05) is 23.7 Å². The van der Waals surface area contributed by atoms with Crippen molar-refractivity contribution in [2.24, 2.45) is 5.73 Å². The van der Waals surface area contributed by atoms with Crippen LogP contribution >= 0.6 is 22.9 Å². The van der Waals surface area contributed by atoms with E-state index in [4.69, 9.17) is 22.1 Å². The third-order valence-electron chi connectivity index (χ3n) is 2.67. The molecule has 5 heteroatoms. The van der Waals surface area contributed by atoms with Crippen molar-refractivity contribution < 1.29 is 9.13 Å². The van der Waals surface area contributed by atoms with E-state index in [1.807, 2.05) is 11.4 Å². The molecule has 0 saturated carbocycles. The molecule has 18 heavy (non-hydrogen) atoms. The van der Waals surface area contributed by atoms with Gasteiger partial charge in [-0.2, -0.15) is 0 Å². The normalized spacial score (nSPS) is 12.4. The highest BCUT2D eigenvalue weighted by Crippen LogP contribution is 2.29. The van der Waals surface area contributed by atoms with Crippen molar-refractivity contribution in [3.63, 3.8) is 0 Å². The first-order chi connectivity index (χ1) is 8.61. The summed E-state index contributed by atoms with van der Waals surface area (Å²) in [4.78, 5) is 0.964. The van der Waals surface area contributed by atoms with Gasteiger partial charge in [0.25, 0.3) is 0 Å². The Bertz CT molecular complexity index is 544. The Kier molecular flexibility index (Phi) is 4.22. The van der Waals surface area contributed by atoms with Crippen molar-refractivity contribution >= 4 is 22.9 Å². The molecule has 1 aromatic carbocycles. The van der Waals surface area contributed by atoms with Crippen molar-refractivity contribution in [3.05, 3.63) is 50.9 Å². The number of methoxy groups -OCH3 is 1. The Labute approximate surface area is 114 Å². The highest BCUT2D eigenvalue weighted by Gasteiger charge is 2.14. The van der Waals surface area contributed by atoms with Gasteiger partial charge in [-0.05, 0) is 24.1 Å². The van der Waals surface area contributed by atoms with E-state index < -0.39 is 5.82 Å². The van der Waals surface area contributed by atoms with Crippen LogP contribution in [0, 0.1) is 5.82 Å². The molecule has 0 radical (unpaired) electrons. The number of thiophene rings is 1. The van der Waals surface area contributed by atoms with Crippen LogP contribution in [0.15, 0.2) is 29.6 Å². The monoisotopic (exact) mass is 285 g/mol. The van der Waals surface area contributed by atoms with E-state index in [0.717, 1.165) is 10.6 Å². The smallest absolute Gasteiger partial charge is 0.145 e. The second-order valence-corrected chi connectivity index (χ2v) is 5.26. The van der Waals surface area contributed by atoms with Crippen molar-refractivity contribution in [1.29, 1.82) is 0 Å². The summed E-state index contributed by atoms with van der Waals surface area (Å²) >= 11 is 7.24. The average Bonchev–Trinajstić information content (AvgIpc) is 2.83. The predicted molar refractivity (Wildman–Crippen MR) is 72.9 cm³/mol. The quantitative estimate of drug-likeness (QED) is 0.927. The highest BCUT2D eigenvalue weighted by atomic mass is 35.5. The third kappa shape index (κ3) is 2.83. The van der Waals surface area contributed by atoms with Crippen LogP contribution in [-0.2, 0) is 6.42 Å². The number of ether oxygens (including phenoxy) is 1. The lowest BCUT2D eigenvalue weighted by Crippen LogP contribution is -2.12. The number of halogens is 2. The zero-order valence-electron chi connectivity index (χ0n) is 9.82. The van der Waals surface area contributed by atoms with Gasteiger partial charge in [0.1, 0.15) is 11.6 Å². The molecule has 2 nitrogen and oxygen atoms in total. The molecule has 2 N–H and O–H groups in total. The molecule has 96 valence electrons. The van der Waals surface area contributed by atoms with E-state index in [-0.39, 0.29) is 11.1 Å². The first kappa shape index (κ1) is 13.3. The maximum atomic E-state index is 13.7. The molecule has 0 amide bonds. The standard InChI is InChI=1S/C13H13ClFNOS/c1-17-9-6-12(18-7-9)11(16)5-8-3-2-4-10(14)13(8)15/h2-4,6-7,11H,5,16H2,1H3. The Balaban J connectivity index is 2.15. The van der Waals surface area contributed by atoms with E-state index >= 15 is 0 Å². The Morgan fingerprint density at radius 2 is 2.28 bits per heavy atom. The molecule has 1 atom stereocenters. The summed E-state index contributed by atoms with van der Waals surface area (Å²) in [6, 6.07) is 6.57. The molecule has 0 aliphatic heterocycles. The lowest BCUT2D eigenvalue weighted by atomic mass is 10.0. The van der Waals surface area contributed by atoms with Gasteiger partial charge in [0.05, 0.1) is 12.1 Å². The predicted octanol–water partition coefficient (Wildman–Crippen LogP) is 3.79. The van der Waals surface area contributed by atoms with E-state index in [2.05, 4.69) is 0 Å². The number of hydrogen-bond acceptors (Lipinski definition) is 3. The van der Waals surface area contributed by atoms with E-state index in [1.165, 1.54) is 17.4 Å². The molecule has 1 unspecified atom stereocenters. The second-order valence-electron chi connectivity index (χ2n) is 3.91. The zero-order valence-corrected chi connectivity index (χ0v) is 11.4. The lowest BCUT2D eigenvalue weighted by Gasteiger charge is -2.10. The fourth-order valence-corrected chi connectivity index (χ4v) is 2.73. The van der Waals surface area contributed by atoms with Crippen LogP contribution in [0.25, 0.3) is 0 Å². The van der Waals surface area contributed by atoms with Crippen molar-refractivity contribution in [1.82, 2.24) is 0 Å². The first-order valence-corrected chi connectivity index (χ1v) is 6.68. The largest absolute Gasteiger partial charge is 0.496 e. The topological polar surface area (TPSA) is 35.2 Å². The van der Waals surface area contributed by atoms with Gasteiger partial charge in [-0.3, -0.25) is 0 Å². The molecule has 0 bridgehead atoms. The molecule has 2 aromatic rings. The molecule has 1 heterocycles. The maximum absolute atomic E-state index is 13.7. The van der Waals surface area contributed by atoms with Gasteiger partial charge < -0.3 is 10.5 Å². The molecule has 1 aromatic heterocycles. The molecule has 0 fully saturated rings. The summed E-state index contributed by atoms with van der Waals surface area (Å²) in [6.45, 7) is 0. The Hall–Kier alpha value is -1.10. The van der Waals surface area contributed by atoms with Gasteiger partial charge in [0.15, 0.2) is 0 Å². The van der Waals surface area contributed by atoms with Crippen LogP contribution in [0.1, 0.15) is 16.5 Å². The molecule has 0 aliphatic rings. The molecule has 2 rings (SSSR count). The second kappa shape index (κ2) is 5.69. The first-order valence-electron chi connectivity index (χ1n) is 5.42. The van der Waals surface area contributed by atoms with Crippen LogP contribution in [0.5, 0.6) is 5.75 Å². The van der Waals surface area contributed by atoms with E-state index in [0.29, 0.717) is 12.0 Å². The maximum Gasteiger partial charge on any atom is 0.145 e. The highest BCUT2D eigenvalue weighted by molar-refractivity contribution is 7.10. The SMILES string of the molecule is COc1csc(C(N)Cc2cccc(Cl)c2F)c1. The fraction of sp³-hybridized carbons (Fsp3) is 0.231. The Morgan fingerprint density at radius 3 is 2.94 bits per heavy atom. The summed E-state index contributed by atoms with van der Waals surface area (Å²) in [7, 11) is 1.61. The number of benzene rings is 1. The van der Waals surface area contributed by atoms with Crippen molar-refractivity contribution in [3.8, 4) is 5.75 Å². The number of hydrogen-bond donors (Lipinski definition) is 1. The minimum Gasteiger partial charge on any atom is -0.496 e. The summed E-state index contributed by atoms with van der Waals surface area (Å²) in [5.74, 6) is 0.384. The molecular formula is C13H13ClFNOS. The molecule has 0 spiro atoms. The van der Waals surface area contributed by atoms with Crippen LogP contribution in [-0.4, -0.2) is 7.11 Å². The lowest BCUT2D eigenvalue weighted by molar-refractivity contribution is 0.416. The van der Waals surface area contributed by atoms with Gasteiger partial charge in [-0.15, -0.1) is 11.3 Å². The fourth-order valence-electron chi connectivity index (χ4n) is 1.68. The summed E-state index contributed by atoms with van der Waals surface area (Å²) in [5, 5.41) is 2.01. The third-order valence-corrected chi connectivity index (χ3v) is 4.00. The Morgan fingerprint density at radius 1 is 1.50 bits per heavy atom. The van der Waals surface area contributed by atoms with Gasteiger partial charge in [0, 0.05) is 16.3 Å². The number of nitrogens with two attached hydrogens (primary N) is 1. The van der Waals surface area contributed by atoms with E-state index in [1.54, 1.807) is 19.2 Å². The van der Waals surface area contributed by atoms with Gasteiger partial charge in [0.2, 0.25) is 0 Å². The molecular weight excluding hydrogens is 273 g/mol. The van der Waals surface area contributed by atoms with Gasteiger partial charge >= 0.3 is 0 Å². The summed E-state index contributed by atoms with van der Waals surface area (Å²) < 4.78 is 18.8. The van der Waals surface area contributed by atoms with Crippen LogP contribution in [0.3, 0.4) is 0 Å². The van der Waals surface area contributed by atoms with Gasteiger partial charge in [-0.25, -0.2) is 4.39 Å². The zero-order chi connectivity index (χ0) is 13.1. The van der Waals surface area contributed by atoms with Crippen molar-refractivity contribution in [2.75, 3.05) is 7.11 Å². The van der Waals surface area contributed by atoms with E-state index in [9.17, 15) is 4.39 Å². The minimum absolute atomic E-state index is 0.128. The molecule has 0 saturated heterocycles. The number of rotatable bonds is 4. The van der Waals surface area contributed by atoms with Crippen LogP contribution < -0.4 is 10.5 Å². The van der Waals surface area contributed by atoms with Crippen LogP contribution in [0.4, 0.5) is 4.39 Å².